The lowest BCUT2D eigenvalue weighted by molar-refractivity contribution is -0.140. The molecule has 37 heavy (non-hydrogen) atoms. The fourth-order valence-corrected chi connectivity index (χ4v) is 4.61. The Hall–Kier alpha value is -3.52. The molecule has 0 aromatic heterocycles. The van der Waals surface area contributed by atoms with Crippen molar-refractivity contribution in [1.82, 2.24) is 9.80 Å². The van der Waals surface area contributed by atoms with Crippen LogP contribution in [0.15, 0.2) is 48.0 Å². The number of aliphatic hydroxyl groups excluding tert-OH is 1. The van der Waals surface area contributed by atoms with Gasteiger partial charge in [0.2, 0.25) is 0 Å². The number of ether oxygens (including phenoxy) is 3. The van der Waals surface area contributed by atoms with Crippen LogP contribution in [0.2, 0.25) is 0 Å². The van der Waals surface area contributed by atoms with Gasteiger partial charge in [-0.2, -0.15) is 0 Å². The molecule has 1 amide bonds. The molecular weight excluding hydrogens is 472 g/mol. The van der Waals surface area contributed by atoms with Gasteiger partial charge < -0.3 is 29.1 Å². The highest BCUT2D eigenvalue weighted by Crippen LogP contribution is 2.44. The van der Waals surface area contributed by atoms with E-state index in [1.54, 1.807) is 49.6 Å². The van der Waals surface area contributed by atoms with Crippen LogP contribution in [0.1, 0.15) is 51.3 Å². The van der Waals surface area contributed by atoms with E-state index in [4.69, 9.17) is 14.2 Å². The number of Topliss-reactive ketones (excluding diaryl/α,β-unsaturated/α-hetero) is 1. The zero-order valence-electron chi connectivity index (χ0n) is 22.6. The van der Waals surface area contributed by atoms with Crippen molar-refractivity contribution in [2.24, 2.45) is 0 Å². The lowest BCUT2D eigenvalue weighted by Gasteiger charge is -2.28. The molecule has 8 nitrogen and oxygen atoms in total. The van der Waals surface area contributed by atoms with Gasteiger partial charge >= 0.3 is 0 Å². The zero-order valence-corrected chi connectivity index (χ0v) is 22.6. The molecule has 2 aromatic rings. The van der Waals surface area contributed by atoms with E-state index >= 15 is 0 Å². The SMILES string of the molecule is CCN(CC)CCCN1C(=O)C(=O)/C(=C(/O)c2ccc(OC(C)C)cc2)C1c1cc(OC)ccc1OC. The highest BCUT2D eigenvalue weighted by molar-refractivity contribution is 6.46. The van der Waals surface area contributed by atoms with Crippen LogP contribution < -0.4 is 14.2 Å². The van der Waals surface area contributed by atoms with Crippen LogP contribution >= 0.6 is 0 Å². The summed E-state index contributed by atoms with van der Waals surface area (Å²) in [6.45, 7) is 11.0. The molecule has 2 aromatic carbocycles. The molecule has 1 unspecified atom stereocenters. The van der Waals surface area contributed by atoms with Crippen molar-refractivity contribution < 1.29 is 28.9 Å². The van der Waals surface area contributed by atoms with Crippen LogP contribution in [0.25, 0.3) is 5.76 Å². The molecule has 0 radical (unpaired) electrons. The van der Waals surface area contributed by atoms with Crippen LogP contribution in [0.3, 0.4) is 0 Å². The summed E-state index contributed by atoms with van der Waals surface area (Å²) >= 11 is 0. The fourth-order valence-electron chi connectivity index (χ4n) is 4.61. The number of hydrogen-bond donors (Lipinski definition) is 1. The molecule has 1 fully saturated rings. The highest BCUT2D eigenvalue weighted by Gasteiger charge is 2.47. The lowest BCUT2D eigenvalue weighted by Crippen LogP contribution is -2.33. The number of ketones is 1. The first-order valence-corrected chi connectivity index (χ1v) is 12.7. The Balaban J connectivity index is 2.10. The van der Waals surface area contributed by atoms with E-state index in [1.165, 1.54) is 12.0 Å². The van der Waals surface area contributed by atoms with Gasteiger partial charge in [0.25, 0.3) is 11.7 Å². The van der Waals surface area contributed by atoms with Crippen LogP contribution in [0, 0.1) is 0 Å². The first-order chi connectivity index (χ1) is 17.7. The first-order valence-electron chi connectivity index (χ1n) is 12.7. The number of aliphatic hydroxyl groups is 1. The first kappa shape index (κ1) is 28.1. The number of rotatable bonds is 12. The van der Waals surface area contributed by atoms with Crippen molar-refractivity contribution in [3.05, 3.63) is 59.2 Å². The third kappa shape index (κ3) is 6.25. The average molecular weight is 511 g/mol. The van der Waals surface area contributed by atoms with Gasteiger partial charge in [-0.3, -0.25) is 9.59 Å². The summed E-state index contributed by atoms with van der Waals surface area (Å²) in [5.74, 6) is 0.0890. The Labute approximate surface area is 219 Å². The molecule has 0 aliphatic carbocycles. The minimum absolute atomic E-state index is 0.00152. The number of carbonyl (C=O) groups is 2. The van der Waals surface area contributed by atoms with Crippen molar-refractivity contribution in [3.8, 4) is 17.2 Å². The molecule has 0 spiro atoms. The maximum Gasteiger partial charge on any atom is 0.295 e. The summed E-state index contributed by atoms with van der Waals surface area (Å²) < 4.78 is 16.7. The minimum atomic E-state index is -0.826. The lowest BCUT2D eigenvalue weighted by atomic mass is 9.94. The van der Waals surface area contributed by atoms with Crippen LogP contribution in [0.4, 0.5) is 0 Å². The molecular formula is C29H38N2O6. The topological polar surface area (TPSA) is 88.5 Å². The van der Waals surface area contributed by atoms with Gasteiger partial charge in [0.1, 0.15) is 23.0 Å². The Morgan fingerprint density at radius 1 is 1.00 bits per heavy atom. The minimum Gasteiger partial charge on any atom is -0.507 e. The van der Waals surface area contributed by atoms with Crippen molar-refractivity contribution in [2.45, 2.75) is 46.3 Å². The van der Waals surface area contributed by atoms with Gasteiger partial charge in [0.05, 0.1) is 31.9 Å². The quantitative estimate of drug-likeness (QED) is 0.253. The monoisotopic (exact) mass is 510 g/mol. The molecule has 1 heterocycles. The maximum absolute atomic E-state index is 13.4. The molecule has 1 N–H and O–H groups in total. The molecule has 1 atom stereocenters. The molecule has 1 aliphatic heterocycles. The molecule has 200 valence electrons. The predicted octanol–water partition coefficient (Wildman–Crippen LogP) is 4.64. The number of benzene rings is 2. The molecule has 3 rings (SSSR count). The summed E-state index contributed by atoms with van der Waals surface area (Å²) in [6, 6.07) is 11.2. The van der Waals surface area contributed by atoms with E-state index in [0.717, 1.165) is 19.6 Å². The molecule has 0 saturated carbocycles. The average Bonchev–Trinajstić information content (AvgIpc) is 3.15. The Kier molecular flexibility index (Phi) is 9.58. The second kappa shape index (κ2) is 12.6. The van der Waals surface area contributed by atoms with E-state index in [-0.39, 0.29) is 17.4 Å². The van der Waals surface area contributed by atoms with Gasteiger partial charge in [-0.15, -0.1) is 0 Å². The number of amides is 1. The predicted molar refractivity (Wildman–Crippen MR) is 143 cm³/mol. The number of likely N-dealkylation sites (tertiary alicyclic amines) is 1. The molecule has 8 heteroatoms. The Bertz CT molecular complexity index is 1120. The third-order valence-corrected chi connectivity index (χ3v) is 6.54. The summed E-state index contributed by atoms with van der Waals surface area (Å²) in [6.07, 6.45) is 0.681. The van der Waals surface area contributed by atoms with E-state index in [2.05, 4.69) is 18.7 Å². The van der Waals surface area contributed by atoms with Crippen molar-refractivity contribution in [2.75, 3.05) is 40.4 Å². The number of methoxy groups -OCH3 is 2. The van der Waals surface area contributed by atoms with Gasteiger partial charge in [-0.1, -0.05) is 13.8 Å². The molecule has 0 bridgehead atoms. The maximum atomic E-state index is 13.4. The van der Waals surface area contributed by atoms with Crippen LogP contribution in [-0.4, -0.2) is 73.1 Å². The number of carbonyl (C=O) groups excluding carboxylic acids is 2. The number of hydrogen-bond acceptors (Lipinski definition) is 7. The van der Waals surface area contributed by atoms with Crippen LogP contribution in [-0.2, 0) is 9.59 Å². The normalized spacial score (nSPS) is 17.1. The van der Waals surface area contributed by atoms with Crippen molar-refractivity contribution >= 4 is 17.4 Å². The zero-order chi connectivity index (χ0) is 27.1. The second-order valence-corrected chi connectivity index (χ2v) is 9.17. The second-order valence-electron chi connectivity index (χ2n) is 9.17. The highest BCUT2D eigenvalue weighted by atomic mass is 16.5. The Morgan fingerprint density at radius 3 is 2.22 bits per heavy atom. The summed E-state index contributed by atoms with van der Waals surface area (Å²) in [4.78, 5) is 30.5. The summed E-state index contributed by atoms with van der Waals surface area (Å²) in [5, 5.41) is 11.4. The van der Waals surface area contributed by atoms with E-state index in [0.29, 0.717) is 41.3 Å². The van der Waals surface area contributed by atoms with E-state index < -0.39 is 17.7 Å². The van der Waals surface area contributed by atoms with E-state index in [9.17, 15) is 14.7 Å². The summed E-state index contributed by atoms with van der Waals surface area (Å²) in [5.41, 5.74) is 1.02. The Morgan fingerprint density at radius 2 is 1.65 bits per heavy atom. The molecule has 1 saturated heterocycles. The van der Waals surface area contributed by atoms with Crippen LogP contribution in [0.5, 0.6) is 17.2 Å². The standard InChI is InChI=1S/C29H38N2O6/c1-7-30(8-2)16-9-17-31-26(23-18-22(35-5)14-15-24(23)36-6)25(28(33)29(31)34)27(32)20-10-12-21(13-11-20)37-19(3)4/h10-15,18-19,26,32H,7-9,16-17H2,1-6H3/b27-25+. The smallest absolute Gasteiger partial charge is 0.295 e. The van der Waals surface area contributed by atoms with Gasteiger partial charge in [-0.05, 0) is 82.4 Å². The number of nitrogens with zero attached hydrogens (tertiary/aromatic N) is 2. The van der Waals surface area contributed by atoms with Crippen molar-refractivity contribution in [1.29, 1.82) is 0 Å². The third-order valence-electron chi connectivity index (χ3n) is 6.54. The van der Waals surface area contributed by atoms with Gasteiger partial charge in [0, 0.05) is 17.7 Å². The fraction of sp³-hybridized carbons (Fsp3) is 0.448. The van der Waals surface area contributed by atoms with Gasteiger partial charge in [0.15, 0.2) is 0 Å². The van der Waals surface area contributed by atoms with Crippen molar-refractivity contribution in [3.63, 3.8) is 0 Å². The summed E-state index contributed by atoms with van der Waals surface area (Å²) in [7, 11) is 3.08. The van der Waals surface area contributed by atoms with Gasteiger partial charge in [-0.25, -0.2) is 0 Å². The largest absolute Gasteiger partial charge is 0.507 e. The molecule has 1 aliphatic rings. The van der Waals surface area contributed by atoms with E-state index in [1.807, 2.05) is 13.8 Å².